The van der Waals surface area contributed by atoms with Crippen molar-refractivity contribution in [2.24, 2.45) is 0 Å². The number of ether oxygens (including phenoxy) is 3. The van der Waals surface area contributed by atoms with E-state index in [4.69, 9.17) is 14.2 Å². The minimum absolute atomic E-state index is 0.152. The number of aliphatic hydroxyl groups excluding tert-OH is 1. The van der Waals surface area contributed by atoms with Crippen molar-refractivity contribution < 1.29 is 41.3 Å². The highest BCUT2D eigenvalue weighted by atomic mass is 79.9. The zero-order chi connectivity index (χ0) is 22.1. The van der Waals surface area contributed by atoms with Crippen molar-refractivity contribution in [3.8, 4) is 17.2 Å². The summed E-state index contributed by atoms with van der Waals surface area (Å²) in [5, 5.41) is 10.4. The van der Waals surface area contributed by atoms with Crippen LogP contribution in [0.15, 0.2) is 28.7 Å². The number of rotatable bonds is 5. The zero-order valence-corrected chi connectivity index (χ0v) is 17.4. The number of aliphatic hydroxyl groups is 1. The molecule has 2 rings (SSSR count). The van der Waals surface area contributed by atoms with Gasteiger partial charge in [0.2, 0.25) is 11.6 Å². The molecular formula is C19H18BrF5O4. The monoisotopic (exact) mass is 484 g/mol. The second kappa shape index (κ2) is 8.45. The van der Waals surface area contributed by atoms with Crippen LogP contribution in [-0.4, -0.2) is 17.8 Å². The number of benzene rings is 2. The van der Waals surface area contributed by atoms with Gasteiger partial charge in [-0.15, -0.1) is 0 Å². The first kappa shape index (κ1) is 23.4. The van der Waals surface area contributed by atoms with E-state index in [-0.39, 0.29) is 15.8 Å². The SMILES string of the molecule is COc1c(Oc2cc(C(F)(F)F)cc(Br)c2C(O)OC(C)(C)C)ccc(F)c1F. The molecule has 4 nitrogen and oxygen atoms in total. The van der Waals surface area contributed by atoms with Gasteiger partial charge in [0.25, 0.3) is 0 Å². The van der Waals surface area contributed by atoms with Gasteiger partial charge in [0.1, 0.15) is 5.75 Å². The first-order valence-electron chi connectivity index (χ1n) is 8.21. The van der Waals surface area contributed by atoms with Gasteiger partial charge in [-0.25, -0.2) is 4.39 Å². The Morgan fingerprint density at radius 1 is 1.03 bits per heavy atom. The Morgan fingerprint density at radius 2 is 1.66 bits per heavy atom. The van der Waals surface area contributed by atoms with Gasteiger partial charge in [-0.3, -0.25) is 0 Å². The first-order chi connectivity index (χ1) is 13.2. The summed E-state index contributed by atoms with van der Waals surface area (Å²) in [5.74, 6) is -4.11. The maximum Gasteiger partial charge on any atom is 0.416 e. The van der Waals surface area contributed by atoms with Gasteiger partial charge >= 0.3 is 6.18 Å². The molecule has 0 amide bonds. The lowest BCUT2D eigenvalue weighted by atomic mass is 10.1. The van der Waals surface area contributed by atoms with Crippen LogP contribution in [0.5, 0.6) is 17.2 Å². The second-order valence-electron chi connectivity index (χ2n) is 6.95. The van der Waals surface area contributed by atoms with Gasteiger partial charge in [0.15, 0.2) is 17.9 Å². The van der Waals surface area contributed by atoms with Crippen LogP contribution in [0.1, 0.15) is 38.2 Å². The lowest BCUT2D eigenvalue weighted by Crippen LogP contribution is -2.23. The van der Waals surface area contributed by atoms with E-state index in [1.807, 2.05) is 0 Å². The van der Waals surface area contributed by atoms with E-state index in [1.54, 1.807) is 20.8 Å². The number of alkyl halides is 3. The van der Waals surface area contributed by atoms with Gasteiger partial charge in [-0.1, -0.05) is 15.9 Å². The molecule has 10 heteroatoms. The molecule has 0 spiro atoms. The van der Waals surface area contributed by atoms with Crippen molar-refractivity contribution in [1.82, 2.24) is 0 Å². The molecule has 0 radical (unpaired) electrons. The van der Waals surface area contributed by atoms with Crippen molar-refractivity contribution in [3.63, 3.8) is 0 Å². The van der Waals surface area contributed by atoms with E-state index < -0.39 is 46.8 Å². The van der Waals surface area contributed by atoms with E-state index in [1.165, 1.54) is 0 Å². The Labute approximate surface area is 172 Å². The molecule has 0 aliphatic carbocycles. The summed E-state index contributed by atoms with van der Waals surface area (Å²) in [4.78, 5) is 0. The summed E-state index contributed by atoms with van der Waals surface area (Å²) in [7, 11) is 1.05. The average molecular weight is 485 g/mol. The van der Waals surface area contributed by atoms with Crippen LogP contribution in [0.3, 0.4) is 0 Å². The Morgan fingerprint density at radius 3 is 2.17 bits per heavy atom. The van der Waals surface area contributed by atoms with Crippen LogP contribution >= 0.6 is 15.9 Å². The van der Waals surface area contributed by atoms with Crippen LogP contribution in [0, 0.1) is 11.6 Å². The van der Waals surface area contributed by atoms with Crippen LogP contribution in [0.25, 0.3) is 0 Å². The second-order valence-corrected chi connectivity index (χ2v) is 7.80. The van der Waals surface area contributed by atoms with Crippen LogP contribution in [0.2, 0.25) is 0 Å². The summed E-state index contributed by atoms with van der Waals surface area (Å²) in [6.45, 7) is 4.90. The molecule has 0 heterocycles. The molecule has 0 aromatic heterocycles. The normalized spacial score (nSPS) is 13.3. The van der Waals surface area contributed by atoms with Crippen molar-refractivity contribution in [2.75, 3.05) is 7.11 Å². The van der Waals surface area contributed by atoms with E-state index in [0.717, 1.165) is 25.3 Å². The molecule has 0 aliphatic heterocycles. The minimum Gasteiger partial charge on any atom is -0.490 e. The molecule has 2 aromatic carbocycles. The third kappa shape index (κ3) is 5.58. The van der Waals surface area contributed by atoms with Gasteiger partial charge in [0, 0.05) is 4.47 Å². The van der Waals surface area contributed by atoms with Crippen molar-refractivity contribution in [3.05, 3.63) is 51.5 Å². The molecule has 1 N–H and O–H groups in total. The molecule has 1 atom stereocenters. The predicted octanol–water partition coefficient (Wildman–Crippen LogP) is 6.35. The minimum atomic E-state index is -4.73. The van der Waals surface area contributed by atoms with Gasteiger partial charge in [0.05, 0.1) is 23.8 Å². The van der Waals surface area contributed by atoms with Crippen molar-refractivity contribution in [1.29, 1.82) is 0 Å². The van der Waals surface area contributed by atoms with Crippen LogP contribution in [-0.2, 0) is 10.9 Å². The summed E-state index contributed by atoms with van der Waals surface area (Å²) < 4.78 is 82.6. The summed E-state index contributed by atoms with van der Waals surface area (Å²) in [6.07, 6.45) is -6.41. The highest BCUT2D eigenvalue weighted by molar-refractivity contribution is 9.10. The van der Waals surface area contributed by atoms with Crippen LogP contribution < -0.4 is 9.47 Å². The van der Waals surface area contributed by atoms with E-state index in [2.05, 4.69) is 15.9 Å². The van der Waals surface area contributed by atoms with Crippen LogP contribution in [0.4, 0.5) is 22.0 Å². The molecule has 0 fully saturated rings. The maximum atomic E-state index is 14.0. The topological polar surface area (TPSA) is 47.9 Å². The number of hydrogen-bond acceptors (Lipinski definition) is 4. The fourth-order valence-corrected chi connectivity index (χ4v) is 3.02. The summed E-state index contributed by atoms with van der Waals surface area (Å²) in [5.41, 5.74) is -2.11. The fraction of sp³-hybridized carbons (Fsp3) is 0.368. The molecule has 2 aromatic rings. The quantitative estimate of drug-likeness (QED) is 0.396. The molecular weight excluding hydrogens is 467 g/mol. The molecule has 0 saturated carbocycles. The van der Waals surface area contributed by atoms with Crippen molar-refractivity contribution >= 4 is 15.9 Å². The highest BCUT2D eigenvalue weighted by Crippen LogP contribution is 2.44. The Kier molecular flexibility index (Phi) is 6.81. The fourth-order valence-electron chi connectivity index (χ4n) is 2.38. The molecule has 0 bridgehead atoms. The third-order valence-corrected chi connectivity index (χ3v) is 4.23. The lowest BCUT2D eigenvalue weighted by molar-refractivity contribution is -0.170. The standard InChI is InChI=1S/C19H18BrF5O4/c1-18(2,3)29-17(26)14-10(20)7-9(19(23,24)25)8-13(14)28-12-6-5-11(21)15(22)16(12)27-4/h5-8,17,26H,1-4H3. The lowest BCUT2D eigenvalue weighted by Gasteiger charge is -2.26. The smallest absolute Gasteiger partial charge is 0.416 e. The first-order valence-corrected chi connectivity index (χ1v) is 9.00. The Balaban J connectivity index is 2.64. The molecule has 0 aliphatic rings. The Bertz CT molecular complexity index is 894. The van der Waals surface area contributed by atoms with Gasteiger partial charge in [-0.2, -0.15) is 17.6 Å². The van der Waals surface area contributed by atoms with Gasteiger partial charge in [-0.05, 0) is 45.0 Å². The third-order valence-electron chi connectivity index (χ3n) is 3.57. The molecule has 0 saturated heterocycles. The summed E-state index contributed by atoms with van der Waals surface area (Å²) >= 11 is 2.99. The van der Waals surface area contributed by atoms with E-state index in [9.17, 15) is 27.1 Å². The molecule has 29 heavy (non-hydrogen) atoms. The zero-order valence-electron chi connectivity index (χ0n) is 15.8. The number of hydrogen-bond donors (Lipinski definition) is 1. The maximum absolute atomic E-state index is 14.0. The average Bonchev–Trinajstić information content (AvgIpc) is 2.55. The predicted molar refractivity (Wildman–Crippen MR) is 97.9 cm³/mol. The van der Waals surface area contributed by atoms with Crippen molar-refractivity contribution in [2.45, 2.75) is 38.8 Å². The van der Waals surface area contributed by atoms with Gasteiger partial charge < -0.3 is 19.3 Å². The number of halogens is 6. The largest absolute Gasteiger partial charge is 0.490 e. The highest BCUT2D eigenvalue weighted by Gasteiger charge is 2.34. The van der Waals surface area contributed by atoms with E-state index >= 15 is 0 Å². The Hall–Kier alpha value is -1.91. The molecule has 160 valence electrons. The summed E-state index contributed by atoms with van der Waals surface area (Å²) in [6, 6.07) is 3.10. The molecule has 1 unspecified atom stereocenters. The van der Waals surface area contributed by atoms with E-state index in [0.29, 0.717) is 6.07 Å². The number of methoxy groups -OCH3 is 1.